The molecule has 0 spiro atoms. The van der Waals surface area contributed by atoms with Crippen LogP contribution in [0, 0.1) is 5.92 Å². The second-order valence-corrected chi connectivity index (χ2v) is 5.53. The molecule has 1 heterocycles. The number of hydrogen-bond donors (Lipinski definition) is 0. The van der Waals surface area contributed by atoms with E-state index in [0.717, 1.165) is 12.0 Å². The third kappa shape index (κ3) is 2.84. The molecular formula is C16H21NO3. The number of fused-ring (bicyclic) bond motifs is 1. The van der Waals surface area contributed by atoms with Crippen LogP contribution < -0.4 is 0 Å². The minimum absolute atomic E-state index is 0.0522. The first-order chi connectivity index (χ1) is 9.54. The summed E-state index contributed by atoms with van der Waals surface area (Å²) in [4.78, 5) is 25.9. The molecule has 0 N–H and O–H groups in total. The van der Waals surface area contributed by atoms with Gasteiger partial charge in [0.15, 0.2) is 0 Å². The van der Waals surface area contributed by atoms with Crippen LogP contribution >= 0.6 is 0 Å². The van der Waals surface area contributed by atoms with Gasteiger partial charge in [0.2, 0.25) is 6.23 Å². The molecule has 2 rings (SSSR count). The summed E-state index contributed by atoms with van der Waals surface area (Å²) in [7, 11) is 0. The molecule has 1 aliphatic heterocycles. The summed E-state index contributed by atoms with van der Waals surface area (Å²) in [6, 6.07) is 7.35. The molecule has 1 amide bonds. The SMILES string of the molecule is CCCC(=O)OC1c2ccccc2C(=O)N1CC(C)C. The molecule has 1 aliphatic rings. The lowest BCUT2D eigenvalue weighted by atomic mass is 10.1. The van der Waals surface area contributed by atoms with Gasteiger partial charge in [-0.05, 0) is 18.4 Å². The van der Waals surface area contributed by atoms with Gasteiger partial charge in [0.05, 0.1) is 0 Å². The number of carbonyl (C=O) groups excluding carboxylic acids is 2. The minimum atomic E-state index is -0.569. The second-order valence-electron chi connectivity index (χ2n) is 5.53. The van der Waals surface area contributed by atoms with Crippen LogP contribution in [0.15, 0.2) is 24.3 Å². The summed E-state index contributed by atoms with van der Waals surface area (Å²) in [5.41, 5.74) is 1.44. The Morgan fingerprint density at radius 3 is 2.70 bits per heavy atom. The van der Waals surface area contributed by atoms with Crippen LogP contribution in [0.2, 0.25) is 0 Å². The molecule has 0 saturated heterocycles. The molecular weight excluding hydrogens is 254 g/mol. The molecule has 0 radical (unpaired) electrons. The molecule has 1 aromatic carbocycles. The fraction of sp³-hybridized carbons (Fsp3) is 0.500. The summed E-state index contributed by atoms with van der Waals surface area (Å²) in [5.74, 6) is 0.0139. The first-order valence-corrected chi connectivity index (χ1v) is 7.14. The summed E-state index contributed by atoms with van der Waals surface area (Å²) in [5, 5.41) is 0. The highest BCUT2D eigenvalue weighted by molar-refractivity contribution is 5.99. The van der Waals surface area contributed by atoms with E-state index in [9.17, 15) is 9.59 Å². The van der Waals surface area contributed by atoms with Crippen LogP contribution in [0.5, 0.6) is 0 Å². The van der Waals surface area contributed by atoms with Crippen molar-refractivity contribution < 1.29 is 14.3 Å². The van der Waals surface area contributed by atoms with Gasteiger partial charge in [-0.15, -0.1) is 0 Å². The number of benzene rings is 1. The Morgan fingerprint density at radius 2 is 2.05 bits per heavy atom. The van der Waals surface area contributed by atoms with Gasteiger partial charge < -0.3 is 4.74 Å². The second kappa shape index (κ2) is 6.07. The lowest BCUT2D eigenvalue weighted by Crippen LogP contribution is -2.34. The first kappa shape index (κ1) is 14.6. The monoisotopic (exact) mass is 275 g/mol. The average Bonchev–Trinajstić information content (AvgIpc) is 2.65. The molecule has 1 unspecified atom stereocenters. The Balaban J connectivity index is 2.28. The maximum Gasteiger partial charge on any atom is 0.307 e. The molecule has 4 nitrogen and oxygen atoms in total. The Morgan fingerprint density at radius 1 is 1.35 bits per heavy atom. The number of hydrogen-bond acceptors (Lipinski definition) is 3. The lowest BCUT2D eigenvalue weighted by Gasteiger charge is -2.26. The molecule has 0 aliphatic carbocycles. The quantitative estimate of drug-likeness (QED) is 0.776. The highest BCUT2D eigenvalue weighted by Crippen LogP contribution is 2.35. The minimum Gasteiger partial charge on any atom is -0.437 e. The molecule has 0 fully saturated rings. The van der Waals surface area contributed by atoms with Crippen LogP contribution in [0.3, 0.4) is 0 Å². The van der Waals surface area contributed by atoms with Gasteiger partial charge >= 0.3 is 5.97 Å². The Kier molecular flexibility index (Phi) is 4.42. The van der Waals surface area contributed by atoms with Gasteiger partial charge in [-0.3, -0.25) is 14.5 Å². The van der Waals surface area contributed by atoms with E-state index in [1.807, 2.05) is 39.0 Å². The van der Waals surface area contributed by atoms with Crippen LogP contribution in [-0.2, 0) is 9.53 Å². The summed E-state index contributed by atoms with van der Waals surface area (Å²) < 4.78 is 5.53. The van der Waals surface area contributed by atoms with Gasteiger partial charge in [-0.25, -0.2) is 0 Å². The zero-order chi connectivity index (χ0) is 14.7. The predicted octanol–water partition coefficient (Wildman–Crippen LogP) is 3.14. The van der Waals surface area contributed by atoms with Crippen molar-refractivity contribution >= 4 is 11.9 Å². The van der Waals surface area contributed by atoms with E-state index in [0.29, 0.717) is 24.4 Å². The van der Waals surface area contributed by atoms with Crippen LogP contribution in [-0.4, -0.2) is 23.3 Å². The van der Waals surface area contributed by atoms with Crippen molar-refractivity contribution in [3.8, 4) is 0 Å². The van der Waals surface area contributed by atoms with Crippen molar-refractivity contribution in [2.24, 2.45) is 5.92 Å². The fourth-order valence-electron chi connectivity index (χ4n) is 2.42. The summed E-state index contributed by atoms with van der Waals surface area (Å²) in [6.07, 6.45) is 0.549. The maximum absolute atomic E-state index is 12.4. The predicted molar refractivity (Wildman–Crippen MR) is 76.1 cm³/mol. The Labute approximate surface area is 119 Å². The molecule has 0 aromatic heterocycles. The van der Waals surface area contributed by atoms with Crippen molar-refractivity contribution in [1.82, 2.24) is 4.90 Å². The summed E-state index contributed by atoms with van der Waals surface area (Å²) >= 11 is 0. The Hall–Kier alpha value is -1.84. The zero-order valence-corrected chi connectivity index (χ0v) is 12.3. The van der Waals surface area contributed by atoms with Crippen molar-refractivity contribution in [1.29, 1.82) is 0 Å². The molecule has 0 bridgehead atoms. The van der Waals surface area contributed by atoms with E-state index < -0.39 is 6.23 Å². The van der Waals surface area contributed by atoms with Gasteiger partial charge in [0, 0.05) is 24.1 Å². The van der Waals surface area contributed by atoms with E-state index in [1.54, 1.807) is 11.0 Å². The number of nitrogens with zero attached hydrogens (tertiary/aromatic N) is 1. The lowest BCUT2D eigenvalue weighted by molar-refractivity contribution is -0.157. The third-order valence-electron chi connectivity index (χ3n) is 3.26. The highest BCUT2D eigenvalue weighted by Gasteiger charge is 2.38. The van der Waals surface area contributed by atoms with Gasteiger partial charge in [-0.1, -0.05) is 39.0 Å². The molecule has 0 saturated carbocycles. The molecule has 20 heavy (non-hydrogen) atoms. The normalized spacial score (nSPS) is 17.5. The van der Waals surface area contributed by atoms with Crippen LogP contribution in [0.25, 0.3) is 0 Å². The molecule has 1 atom stereocenters. The summed E-state index contributed by atoms with van der Waals surface area (Å²) in [6.45, 7) is 6.60. The van der Waals surface area contributed by atoms with Gasteiger partial charge in [-0.2, -0.15) is 0 Å². The standard InChI is InChI=1S/C16H21NO3/c1-4-7-14(18)20-16-13-9-6-5-8-12(13)15(19)17(16)10-11(2)3/h5-6,8-9,11,16H,4,7,10H2,1-3H3. The van der Waals surface area contributed by atoms with Crippen molar-refractivity contribution in [3.63, 3.8) is 0 Å². The number of amides is 1. The fourth-order valence-corrected chi connectivity index (χ4v) is 2.42. The molecule has 4 heteroatoms. The van der Waals surface area contributed by atoms with E-state index in [-0.39, 0.29) is 11.9 Å². The number of ether oxygens (including phenoxy) is 1. The Bertz CT molecular complexity index is 510. The van der Waals surface area contributed by atoms with Gasteiger partial charge in [0.1, 0.15) is 0 Å². The van der Waals surface area contributed by atoms with E-state index in [1.165, 1.54) is 0 Å². The van der Waals surface area contributed by atoms with E-state index in [4.69, 9.17) is 4.74 Å². The number of carbonyl (C=O) groups is 2. The maximum atomic E-state index is 12.4. The zero-order valence-electron chi connectivity index (χ0n) is 12.3. The van der Waals surface area contributed by atoms with Crippen molar-refractivity contribution in [2.45, 2.75) is 39.8 Å². The van der Waals surface area contributed by atoms with Crippen LogP contribution in [0.4, 0.5) is 0 Å². The molecule has 1 aromatic rings. The van der Waals surface area contributed by atoms with E-state index in [2.05, 4.69) is 0 Å². The van der Waals surface area contributed by atoms with Crippen molar-refractivity contribution in [2.75, 3.05) is 6.54 Å². The first-order valence-electron chi connectivity index (χ1n) is 7.14. The number of rotatable bonds is 5. The van der Waals surface area contributed by atoms with E-state index >= 15 is 0 Å². The van der Waals surface area contributed by atoms with Crippen LogP contribution in [0.1, 0.15) is 55.8 Å². The largest absolute Gasteiger partial charge is 0.437 e. The topological polar surface area (TPSA) is 46.6 Å². The molecule has 108 valence electrons. The number of esters is 1. The van der Waals surface area contributed by atoms with Gasteiger partial charge in [0.25, 0.3) is 5.91 Å². The smallest absolute Gasteiger partial charge is 0.307 e. The highest BCUT2D eigenvalue weighted by atomic mass is 16.6. The third-order valence-corrected chi connectivity index (χ3v) is 3.26. The van der Waals surface area contributed by atoms with Crippen molar-refractivity contribution in [3.05, 3.63) is 35.4 Å². The average molecular weight is 275 g/mol.